The second-order valence-electron chi connectivity index (χ2n) is 2.96. The maximum absolute atomic E-state index is 12.4. The van der Waals surface area contributed by atoms with Crippen molar-refractivity contribution in [3.8, 4) is 0 Å². The van der Waals surface area contributed by atoms with Gasteiger partial charge in [0.1, 0.15) is 5.25 Å². The molecule has 0 radical (unpaired) electrons. The first kappa shape index (κ1) is 14.0. The van der Waals surface area contributed by atoms with Gasteiger partial charge in [0.25, 0.3) is 0 Å². The summed E-state index contributed by atoms with van der Waals surface area (Å²) < 4.78 is 37.3. The largest absolute Gasteiger partial charge is 0.402 e. The Labute approximate surface area is 105 Å². The highest BCUT2D eigenvalue weighted by Gasteiger charge is 2.39. The molecule has 0 fully saturated rings. The monoisotopic (exact) mass is 289 g/mol. The fourth-order valence-corrected chi connectivity index (χ4v) is 2.22. The minimum absolute atomic E-state index is 0.226. The van der Waals surface area contributed by atoms with Crippen LogP contribution in [-0.2, 0) is 0 Å². The average Bonchev–Trinajstić information content (AvgIpc) is 2.18. The molecule has 1 aromatic rings. The topological polar surface area (TPSA) is 26.0 Å². The first-order valence-corrected chi connectivity index (χ1v) is 5.86. The molecule has 1 unspecified atom stereocenters. The van der Waals surface area contributed by atoms with Crippen LogP contribution in [0.4, 0.5) is 13.2 Å². The Hall–Kier alpha value is -0.100. The fraction of sp³-hybridized carbons (Fsp3) is 0.333. The van der Waals surface area contributed by atoms with Crippen molar-refractivity contribution in [1.29, 1.82) is 0 Å². The van der Waals surface area contributed by atoms with Gasteiger partial charge in [-0.2, -0.15) is 13.2 Å². The van der Waals surface area contributed by atoms with Crippen LogP contribution in [-0.4, -0.2) is 18.0 Å². The maximum atomic E-state index is 12.4. The normalized spacial score (nSPS) is 13.9. The minimum Gasteiger partial charge on any atom is -0.329 e. The standard InChI is InChI=1S/C9H8Cl2F3NS/c10-6-2-1-5(3-7(6)11)16-8(4-15)9(12,13)14/h1-3,8H,4,15H2. The lowest BCUT2D eigenvalue weighted by Gasteiger charge is -2.17. The lowest BCUT2D eigenvalue weighted by atomic mass is 10.4. The summed E-state index contributed by atoms with van der Waals surface area (Å²) in [5.74, 6) is 0. The van der Waals surface area contributed by atoms with E-state index in [4.69, 9.17) is 28.9 Å². The summed E-state index contributed by atoms with van der Waals surface area (Å²) in [5, 5.41) is -1.10. The molecule has 16 heavy (non-hydrogen) atoms. The summed E-state index contributed by atoms with van der Waals surface area (Å²) in [6.45, 7) is -0.478. The van der Waals surface area contributed by atoms with Crippen molar-refractivity contribution in [3.05, 3.63) is 28.2 Å². The third-order valence-electron chi connectivity index (χ3n) is 1.75. The predicted octanol–water partition coefficient (Wildman–Crippen LogP) is 3.98. The van der Waals surface area contributed by atoms with Crippen LogP contribution in [0.3, 0.4) is 0 Å². The van der Waals surface area contributed by atoms with Gasteiger partial charge in [0, 0.05) is 11.4 Å². The van der Waals surface area contributed by atoms with Crippen LogP contribution in [0, 0.1) is 0 Å². The van der Waals surface area contributed by atoms with E-state index in [0.717, 1.165) is 0 Å². The van der Waals surface area contributed by atoms with Gasteiger partial charge in [-0.15, -0.1) is 11.8 Å². The smallest absolute Gasteiger partial charge is 0.329 e. The molecule has 0 spiro atoms. The summed E-state index contributed by atoms with van der Waals surface area (Å²) in [6.07, 6.45) is -4.33. The molecule has 0 saturated heterocycles. The maximum Gasteiger partial charge on any atom is 0.402 e. The van der Waals surface area contributed by atoms with Gasteiger partial charge in [0.05, 0.1) is 10.0 Å². The quantitative estimate of drug-likeness (QED) is 0.852. The minimum atomic E-state index is -4.33. The predicted molar refractivity (Wildman–Crippen MR) is 61.2 cm³/mol. The van der Waals surface area contributed by atoms with E-state index in [9.17, 15) is 13.2 Å². The van der Waals surface area contributed by atoms with E-state index in [1.807, 2.05) is 0 Å². The number of thioether (sulfide) groups is 1. The zero-order chi connectivity index (χ0) is 12.3. The van der Waals surface area contributed by atoms with Crippen LogP contribution in [0.1, 0.15) is 0 Å². The Balaban J connectivity index is 2.83. The van der Waals surface area contributed by atoms with Crippen molar-refractivity contribution in [2.45, 2.75) is 16.3 Å². The molecule has 7 heteroatoms. The second-order valence-corrected chi connectivity index (χ2v) is 5.05. The molecule has 1 rings (SSSR count). The molecule has 1 atom stereocenters. The van der Waals surface area contributed by atoms with Gasteiger partial charge >= 0.3 is 6.18 Å². The number of halogens is 5. The van der Waals surface area contributed by atoms with Crippen molar-refractivity contribution in [1.82, 2.24) is 0 Å². The van der Waals surface area contributed by atoms with Crippen LogP contribution in [0.15, 0.2) is 23.1 Å². The molecular weight excluding hydrogens is 282 g/mol. The van der Waals surface area contributed by atoms with E-state index in [-0.39, 0.29) is 5.02 Å². The number of hydrogen-bond acceptors (Lipinski definition) is 2. The molecule has 0 aliphatic heterocycles. The number of nitrogens with two attached hydrogens (primary N) is 1. The third-order valence-corrected chi connectivity index (χ3v) is 3.76. The summed E-state index contributed by atoms with van der Waals surface area (Å²) in [5.41, 5.74) is 5.07. The molecule has 0 heterocycles. The van der Waals surface area contributed by atoms with E-state index in [2.05, 4.69) is 0 Å². The Morgan fingerprint density at radius 1 is 1.25 bits per heavy atom. The highest BCUT2D eigenvalue weighted by molar-refractivity contribution is 8.00. The van der Waals surface area contributed by atoms with Gasteiger partial charge < -0.3 is 5.73 Å². The third kappa shape index (κ3) is 3.73. The van der Waals surface area contributed by atoms with E-state index in [0.29, 0.717) is 21.7 Å². The highest BCUT2D eigenvalue weighted by Crippen LogP contribution is 2.36. The van der Waals surface area contributed by atoms with Gasteiger partial charge in [0.2, 0.25) is 0 Å². The highest BCUT2D eigenvalue weighted by atomic mass is 35.5. The first-order chi connectivity index (χ1) is 7.34. The van der Waals surface area contributed by atoms with Gasteiger partial charge in [-0.05, 0) is 18.2 Å². The van der Waals surface area contributed by atoms with Gasteiger partial charge in [-0.1, -0.05) is 23.2 Å². The molecule has 0 bridgehead atoms. The van der Waals surface area contributed by atoms with Crippen LogP contribution in [0.5, 0.6) is 0 Å². The molecule has 2 N–H and O–H groups in total. The summed E-state index contributed by atoms with van der Waals surface area (Å²) in [4.78, 5) is 0.391. The van der Waals surface area contributed by atoms with E-state index in [1.54, 1.807) is 0 Å². The van der Waals surface area contributed by atoms with E-state index < -0.39 is 18.0 Å². The fourth-order valence-electron chi connectivity index (χ4n) is 0.963. The SMILES string of the molecule is NCC(Sc1ccc(Cl)c(Cl)c1)C(F)(F)F. The molecule has 90 valence electrons. The van der Waals surface area contributed by atoms with Gasteiger partial charge in [-0.25, -0.2) is 0 Å². The number of hydrogen-bond donors (Lipinski definition) is 1. The van der Waals surface area contributed by atoms with Crippen molar-refractivity contribution in [2.75, 3.05) is 6.54 Å². The molecule has 1 aromatic carbocycles. The Morgan fingerprint density at radius 3 is 2.31 bits per heavy atom. The Morgan fingerprint density at radius 2 is 1.88 bits per heavy atom. The van der Waals surface area contributed by atoms with Crippen molar-refractivity contribution in [3.63, 3.8) is 0 Å². The zero-order valence-electron chi connectivity index (χ0n) is 7.89. The van der Waals surface area contributed by atoms with Crippen molar-refractivity contribution >= 4 is 35.0 Å². The molecule has 0 amide bonds. The number of rotatable bonds is 3. The van der Waals surface area contributed by atoms with Gasteiger partial charge in [0.15, 0.2) is 0 Å². The van der Waals surface area contributed by atoms with Crippen LogP contribution >= 0.6 is 35.0 Å². The van der Waals surface area contributed by atoms with Gasteiger partial charge in [-0.3, -0.25) is 0 Å². The Bertz CT molecular complexity index is 370. The average molecular weight is 290 g/mol. The van der Waals surface area contributed by atoms with Crippen LogP contribution < -0.4 is 5.73 Å². The molecule has 0 aromatic heterocycles. The molecule has 0 aliphatic rings. The Kier molecular flexibility index (Phi) is 4.79. The zero-order valence-corrected chi connectivity index (χ0v) is 10.2. The lowest BCUT2D eigenvalue weighted by molar-refractivity contribution is -0.126. The second kappa shape index (κ2) is 5.49. The summed E-state index contributed by atoms with van der Waals surface area (Å²) in [7, 11) is 0. The van der Waals surface area contributed by atoms with Crippen molar-refractivity contribution < 1.29 is 13.2 Å². The molecule has 0 saturated carbocycles. The first-order valence-electron chi connectivity index (χ1n) is 4.23. The lowest BCUT2D eigenvalue weighted by Crippen LogP contribution is -2.32. The summed E-state index contributed by atoms with van der Waals surface area (Å²) in [6, 6.07) is 4.33. The number of alkyl halides is 3. The van der Waals surface area contributed by atoms with Crippen LogP contribution in [0.25, 0.3) is 0 Å². The van der Waals surface area contributed by atoms with E-state index >= 15 is 0 Å². The molecular formula is C9H8Cl2F3NS. The van der Waals surface area contributed by atoms with Crippen LogP contribution in [0.2, 0.25) is 10.0 Å². The molecule has 0 aliphatic carbocycles. The van der Waals surface area contributed by atoms with Crippen molar-refractivity contribution in [2.24, 2.45) is 5.73 Å². The summed E-state index contributed by atoms with van der Waals surface area (Å²) >= 11 is 12.0. The number of benzene rings is 1. The van der Waals surface area contributed by atoms with E-state index in [1.165, 1.54) is 18.2 Å². The molecule has 1 nitrogen and oxygen atoms in total.